The van der Waals surface area contributed by atoms with Crippen molar-refractivity contribution in [2.24, 2.45) is 0 Å². The minimum Gasteiger partial charge on any atom is -0.497 e. The molecule has 4 rings (SSSR count). The molecule has 0 saturated heterocycles. The Morgan fingerprint density at radius 1 is 0.969 bits per heavy atom. The number of hydrogen-bond acceptors (Lipinski definition) is 7. The number of aromatic nitrogens is 2. The molecule has 0 aliphatic carbocycles. The Kier molecular flexibility index (Phi) is 5.93. The highest BCUT2D eigenvalue weighted by Gasteiger charge is 2.16. The van der Waals surface area contributed by atoms with Gasteiger partial charge in [0.1, 0.15) is 11.5 Å². The number of nitrogens with zero attached hydrogens (tertiary/aromatic N) is 2. The van der Waals surface area contributed by atoms with Gasteiger partial charge in [-0.25, -0.2) is 4.98 Å². The number of hydrogen-bond donors (Lipinski definition) is 1. The van der Waals surface area contributed by atoms with Gasteiger partial charge in [-0.15, -0.1) is 0 Å². The molecule has 1 N–H and O–H groups in total. The quantitative estimate of drug-likeness (QED) is 0.416. The number of methoxy groups -OCH3 is 2. The van der Waals surface area contributed by atoms with Gasteiger partial charge in [0.2, 0.25) is 0 Å². The first-order valence-electron chi connectivity index (χ1n) is 10.0. The predicted molar refractivity (Wildman–Crippen MR) is 120 cm³/mol. The fraction of sp³-hybridized carbons (Fsp3) is 0.208. The number of ether oxygens (including phenoxy) is 3. The van der Waals surface area contributed by atoms with Crippen LogP contribution in [0.5, 0.6) is 23.0 Å². The number of benzene rings is 2. The highest BCUT2D eigenvalue weighted by atomic mass is 16.5. The number of carbonyl (C=O) groups is 1. The van der Waals surface area contributed by atoms with Gasteiger partial charge in [-0.2, -0.15) is 0 Å². The average molecular weight is 433 g/mol. The van der Waals surface area contributed by atoms with Gasteiger partial charge in [0.25, 0.3) is 11.6 Å². The van der Waals surface area contributed by atoms with Crippen LogP contribution in [-0.2, 0) is 0 Å². The molecule has 0 fully saturated rings. The lowest BCUT2D eigenvalue weighted by Gasteiger charge is -2.13. The number of nitrogens with one attached hydrogen (secondary N) is 1. The Balaban J connectivity index is 1.57. The molecule has 0 bridgehead atoms. The summed E-state index contributed by atoms with van der Waals surface area (Å²) in [4.78, 5) is 17.1. The van der Waals surface area contributed by atoms with Crippen molar-refractivity contribution in [1.82, 2.24) is 10.1 Å². The van der Waals surface area contributed by atoms with Gasteiger partial charge in [-0.1, -0.05) is 19.0 Å². The minimum absolute atomic E-state index is 0.149. The fourth-order valence-electron chi connectivity index (χ4n) is 3.20. The van der Waals surface area contributed by atoms with Gasteiger partial charge >= 0.3 is 0 Å². The van der Waals surface area contributed by atoms with Crippen molar-refractivity contribution in [3.8, 4) is 23.0 Å². The molecule has 0 unspecified atom stereocenters. The maximum absolute atomic E-state index is 12.9. The van der Waals surface area contributed by atoms with E-state index in [9.17, 15) is 4.79 Å². The topological polar surface area (TPSA) is 95.7 Å². The first-order chi connectivity index (χ1) is 15.5. The number of fused-ring (bicyclic) bond motifs is 1. The number of carbonyl (C=O) groups excluding carboxylic acids is 1. The van der Waals surface area contributed by atoms with Crippen molar-refractivity contribution in [2.75, 3.05) is 19.5 Å². The Labute approximate surface area is 185 Å². The van der Waals surface area contributed by atoms with E-state index >= 15 is 0 Å². The van der Waals surface area contributed by atoms with Gasteiger partial charge < -0.3 is 24.1 Å². The van der Waals surface area contributed by atoms with E-state index in [1.165, 1.54) is 6.20 Å². The molecule has 0 aliphatic heterocycles. The standard InChI is InChI=1S/C24H23N3O5/c1-14(2)22-19-11-15(13-25-24(19)32-27-22)23(28)26-16-5-10-20(30-4)21(12-16)31-18-8-6-17(29-3)7-9-18/h5-14H,1-4H3,(H,26,28). The number of pyridine rings is 1. The summed E-state index contributed by atoms with van der Waals surface area (Å²) in [5.74, 6) is 2.17. The minimum atomic E-state index is -0.309. The Morgan fingerprint density at radius 2 is 1.72 bits per heavy atom. The lowest BCUT2D eigenvalue weighted by atomic mass is 10.1. The Morgan fingerprint density at radius 3 is 2.41 bits per heavy atom. The largest absolute Gasteiger partial charge is 0.497 e. The van der Waals surface area contributed by atoms with E-state index in [4.69, 9.17) is 18.7 Å². The molecule has 0 atom stereocenters. The van der Waals surface area contributed by atoms with Crippen LogP contribution in [0.15, 0.2) is 59.3 Å². The van der Waals surface area contributed by atoms with Gasteiger partial charge in [0.15, 0.2) is 11.5 Å². The summed E-state index contributed by atoms with van der Waals surface area (Å²) in [6.07, 6.45) is 1.46. The number of anilines is 1. The van der Waals surface area contributed by atoms with Crippen LogP contribution in [0.25, 0.3) is 11.1 Å². The molecule has 164 valence electrons. The third-order valence-electron chi connectivity index (χ3n) is 4.88. The van der Waals surface area contributed by atoms with E-state index in [-0.39, 0.29) is 11.8 Å². The second kappa shape index (κ2) is 8.97. The molecule has 2 heterocycles. The van der Waals surface area contributed by atoms with Gasteiger partial charge in [-0.05, 0) is 48.4 Å². The zero-order valence-corrected chi connectivity index (χ0v) is 18.2. The zero-order valence-electron chi connectivity index (χ0n) is 18.2. The van der Waals surface area contributed by atoms with Crippen LogP contribution in [0.1, 0.15) is 35.8 Å². The fourth-order valence-corrected chi connectivity index (χ4v) is 3.20. The Bertz CT molecular complexity index is 1250. The molecule has 4 aromatic rings. The molecular formula is C24H23N3O5. The third-order valence-corrected chi connectivity index (χ3v) is 4.88. The molecule has 0 aliphatic rings. The number of amides is 1. The van der Waals surface area contributed by atoms with Crippen LogP contribution in [0, 0.1) is 0 Å². The first kappa shape index (κ1) is 21.2. The monoisotopic (exact) mass is 433 g/mol. The van der Waals surface area contributed by atoms with E-state index in [0.717, 1.165) is 16.8 Å². The molecule has 1 amide bonds. The molecule has 32 heavy (non-hydrogen) atoms. The van der Waals surface area contributed by atoms with E-state index in [1.54, 1.807) is 62.8 Å². The Hall–Kier alpha value is -4.07. The van der Waals surface area contributed by atoms with Crippen LogP contribution < -0.4 is 19.5 Å². The highest BCUT2D eigenvalue weighted by Crippen LogP contribution is 2.35. The van der Waals surface area contributed by atoms with E-state index in [0.29, 0.717) is 34.2 Å². The van der Waals surface area contributed by atoms with Crippen LogP contribution >= 0.6 is 0 Å². The molecular weight excluding hydrogens is 410 g/mol. The summed E-state index contributed by atoms with van der Waals surface area (Å²) in [5, 5.41) is 7.65. The lowest BCUT2D eigenvalue weighted by molar-refractivity contribution is 0.102. The third kappa shape index (κ3) is 4.34. The van der Waals surface area contributed by atoms with Crippen LogP contribution in [0.3, 0.4) is 0 Å². The van der Waals surface area contributed by atoms with Gasteiger partial charge in [0, 0.05) is 18.0 Å². The summed E-state index contributed by atoms with van der Waals surface area (Å²) >= 11 is 0. The smallest absolute Gasteiger partial charge is 0.257 e. The second-order valence-corrected chi connectivity index (χ2v) is 7.40. The predicted octanol–water partition coefficient (Wildman–Crippen LogP) is 5.41. The molecule has 2 aromatic carbocycles. The molecule has 0 radical (unpaired) electrons. The highest BCUT2D eigenvalue weighted by molar-refractivity contribution is 6.05. The van der Waals surface area contributed by atoms with Crippen molar-refractivity contribution < 1.29 is 23.5 Å². The maximum Gasteiger partial charge on any atom is 0.257 e. The maximum atomic E-state index is 12.9. The molecule has 8 nitrogen and oxygen atoms in total. The number of rotatable bonds is 7. The first-order valence-corrected chi connectivity index (χ1v) is 10.0. The van der Waals surface area contributed by atoms with Crippen LogP contribution in [-0.4, -0.2) is 30.3 Å². The molecule has 0 spiro atoms. The lowest BCUT2D eigenvalue weighted by Crippen LogP contribution is -2.12. The van der Waals surface area contributed by atoms with Gasteiger partial charge in [0.05, 0.1) is 30.9 Å². The molecule has 0 saturated carbocycles. The van der Waals surface area contributed by atoms with E-state index < -0.39 is 0 Å². The summed E-state index contributed by atoms with van der Waals surface area (Å²) in [7, 11) is 3.16. The summed E-state index contributed by atoms with van der Waals surface area (Å²) in [6, 6.07) is 14.1. The molecule has 8 heteroatoms. The van der Waals surface area contributed by atoms with Crippen LogP contribution in [0.2, 0.25) is 0 Å². The van der Waals surface area contributed by atoms with E-state index in [1.807, 2.05) is 13.8 Å². The van der Waals surface area contributed by atoms with Gasteiger partial charge in [-0.3, -0.25) is 4.79 Å². The average Bonchev–Trinajstić information content (AvgIpc) is 3.23. The van der Waals surface area contributed by atoms with Crippen molar-refractivity contribution in [2.45, 2.75) is 19.8 Å². The van der Waals surface area contributed by atoms with Crippen LogP contribution in [0.4, 0.5) is 5.69 Å². The zero-order chi connectivity index (χ0) is 22.7. The van der Waals surface area contributed by atoms with Crippen molar-refractivity contribution in [3.05, 3.63) is 66.0 Å². The summed E-state index contributed by atoms with van der Waals surface area (Å²) in [5.41, 5.74) is 2.12. The normalized spacial score (nSPS) is 10.9. The summed E-state index contributed by atoms with van der Waals surface area (Å²) in [6.45, 7) is 4.01. The molecule has 2 aromatic heterocycles. The van der Waals surface area contributed by atoms with E-state index in [2.05, 4.69) is 15.5 Å². The van der Waals surface area contributed by atoms with Crippen molar-refractivity contribution >= 4 is 22.7 Å². The second-order valence-electron chi connectivity index (χ2n) is 7.40. The van der Waals surface area contributed by atoms with Crippen molar-refractivity contribution in [3.63, 3.8) is 0 Å². The SMILES string of the molecule is COc1ccc(Oc2cc(NC(=O)c3cnc4onc(C(C)C)c4c3)ccc2OC)cc1. The van der Waals surface area contributed by atoms with Crippen molar-refractivity contribution in [1.29, 1.82) is 0 Å². The summed E-state index contributed by atoms with van der Waals surface area (Å²) < 4.78 is 21.8.